The first kappa shape index (κ1) is 19.0. The van der Waals surface area contributed by atoms with Crippen LogP contribution in [0.1, 0.15) is 13.8 Å². The van der Waals surface area contributed by atoms with Gasteiger partial charge in [-0.25, -0.2) is 13.2 Å². The molecule has 0 saturated carbocycles. The van der Waals surface area contributed by atoms with E-state index in [1.54, 1.807) is 0 Å². The standard InChI is InChI=1S/C12H21F3N2O4S/c1-8(2)10(12(13,14)15)16-11(18)17-4-5-21-9(6-17)7-22(3,19)20/h8-10H,4-7H2,1-3H3,(H,16,18)/t9?,10-/m0/s1. The Labute approximate surface area is 127 Å². The van der Waals surface area contributed by atoms with Gasteiger partial charge in [0.25, 0.3) is 0 Å². The average molecular weight is 346 g/mol. The number of amides is 2. The van der Waals surface area contributed by atoms with Crippen LogP contribution in [0, 0.1) is 5.92 Å². The topological polar surface area (TPSA) is 75.7 Å². The third-order valence-electron chi connectivity index (χ3n) is 3.21. The fraction of sp³-hybridized carbons (Fsp3) is 0.917. The van der Waals surface area contributed by atoms with E-state index >= 15 is 0 Å². The monoisotopic (exact) mass is 346 g/mol. The number of carbonyl (C=O) groups excluding carboxylic acids is 1. The van der Waals surface area contributed by atoms with Crippen LogP contribution in [-0.4, -0.2) is 69.4 Å². The normalized spacial score (nSPS) is 21.8. The smallest absolute Gasteiger partial charge is 0.373 e. The maximum Gasteiger partial charge on any atom is 0.408 e. The molecule has 1 aliphatic rings. The second kappa shape index (κ2) is 7.03. The van der Waals surface area contributed by atoms with Crippen LogP contribution in [0.4, 0.5) is 18.0 Å². The van der Waals surface area contributed by atoms with E-state index < -0.39 is 40.1 Å². The molecule has 0 aliphatic carbocycles. The van der Waals surface area contributed by atoms with Gasteiger partial charge in [0.1, 0.15) is 15.9 Å². The highest BCUT2D eigenvalue weighted by atomic mass is 32.2. The lowest BCUT2D eigenvalue weighted by Gasteiger charge is -2.34. The number of urea groups is 1. The lowest BCUT2D eigenvalue weighted by atomic mass is 10.0. The molecule has 10 heteroatoms. The highest BCUT2D eigenvalue weighted by Gasteiger charge is 2.43. The van der Waals surface area contributed by atoms with Gasteiger partial charge in [-0.05, 0) is 5.92 Å². The molecule has 1 N–H and O–H groups in total. The highest BCUT2D eigenvalue weighted by Crippen LogP contribution is 2.25. The number of rotatable bonds is 4. The predicted molar refractivity (Wildman–Crippen MR) is 74.2 cm³/mol. The highest BCUT2D eigenvalue weighted by molar-refractivity contribution is 7.90. The van der Waals surface area contributed by atoms with Crippen molar-refractivity contribution in [1.29, 1.82) is 0 Å². The van der Waals surface area contributed by atoms with Crippen LogP contribution in [0.3, 0.4) is 0 Å². The minimum absolute atomic E-state index is 0.0540. The molecule has 6 nitrogen and oxygen atoms in total. The van der Waals surface area contributed by atoms with E-state index in [-0.39, 0.29) is 25.4 Å². The number of hydrogen-bond acceptors (Lipinski definition) is 4. The number of halogens is 3. The van der Waals surface area contributed by atoms with Gasteiger partial charge in [-0.3, -0.25) is 0 Å². The molecule has 2 amide bonds. The van der Waals surface area contributed by atoms with Gasteiger partial charge in [-0.1, -0.05) is 13.8 Å². The van der Waals surface area contributed by atoms with Gasteiger partial charge in [0.2, 0.25) is 0 Å². The van der Waals surface area contributed by atoms with E-state index in [0.717, 1.165) is 11.2 Å². The van der Waals surface area contributed by atoms with E-state index in [2.05, 4.69) is 0 Å². The first-order valence-corrected chi connectivity index (χ1v) is 8.87. The predicted octanol–water partition coefficient (Wildman–Crippen LogP) is 1.03. The first-order valence-electron chi connectivity index (χ1n) is 6.81. The van der Waals surface area contributed by atoms with Crippen LogP contribution in [0.25, 0.3) is 0 Å². The second-order valence-corrected chi connectivity index (χ2v) is 7.93. The lowest BCUT2D eigenvalue weighted by Crippen LogP contribution is -2.56. The quantitative estimate of drug-likeness (QED) is 0.825. The number of hydrogen-bond donors (Lipinski definition) is 1. The van der Waals surface area contributed by atoms with Gasteiger partial charge in [0.15, 0.2) is 0 Å². The van der Waals surface area contributed by atoms with E-state index in [4.69, 9.17) is 4.74 Å². The minimum atomic E-state index is -4.54. The molecule has 1 fully saturated rings. The molecule has 0 aromatic rings. The minimum Gasteiger partial charge on any atom is -0.373 e. The average Bonchev–Trinajstić information content (AvgIpc) is 2.32. The zero-order chi connectivity index (χ0) is 17.1. The van der Waals surface area contributed by atoms with Crippen molar-refractivity contribution < 1.29 is 31.1 Å². The Kier molecular flexibility index (Phi) is 6.08. The summed E-state index contributed by atoms with van der Waals surface area (Å²) in [5.74, 6) is -1.08. The molecular weight excluding hydrogens is 325 g/mol. The summed E-state index contributed by atoms with van der Waals surface area (Å²) in [6.07, 6.45) is -4.23. The summed E-state index contributed by atoms with van der Waals surface area (Å²) in [6.45, 7) is 2.89. The van der Waals surface area contributed by atoms with Crippen molar-refractivity contribution in [2.75, 3.05) is 31.7 Å². The zero-order valence-corrected chi connectivity index (χ0v) is 13.5. The molecule has 1 rings (SSSR count). The summed E-state index contributed by atoms with van der Waals surface area (Å²) in [7, 11) is -3.30. The van der Waals surface area contributed by atoms with Crippen LogP contribution in [0.5, 0.6) is 0 Å². The Bertz CT molecular complexity index is 493. The molecule has 22 heavy (non-hydrogen) atoms. The van der Waals surface area contributed by atoms with Crippen molar-refractivity contribution >= 4 is 15.9 Å². The van der Waals surface area contributed by atoms with Crippen molar-refractivity contribution in [3.8, 4) is 0 Å². The van der Waals surface area contributed by atoms with E-state index in [1.807, 2.05) is 5.32 Å². The largest absolute Gasteiger partial charge is 0.408 e. The van der Waals surface area contributed by atoms with Gasteiger partial charge < -0.3 is 15.0 Å². The Morgan fingerprint density at radius 2 is 2.00 bits per heavy atom. The van der Waals surface area contributed by atoms with Crippen LogP contribution in [-0.2, 0) is 14.6 Å². The van der Waals surface area contributed by atoms with Crippen molar-refractivity contribution in [2.24, 2.45) is 5.92 Å². The van der Waals surface area contributed by atoms with Crippen LogP contribution in [0.2, 0.25) is 0 Å². The van der Waals surface area contributed by atoms with Crippen LogP contribution < -0.4 is 5.32 Å². The molecule has 2 atom stereocenters. The number of nitrogens with zero attached hydrogens (tertiary/aromatic N) is 1. The Morgan fingerprint density at radius 1 is 1.41 bits per heavy atom. The Morgan fingerprint density at radius 3 is 2.45 bits per heavy atom. The maximum atomic E-state index is 12.9. The van der Waals surface area contributed by atoms with Crippen molar-refractivity contribution in [3.63, 3.8) is 0 Å². The summed E-state index contributed by atoms with van der Waals surface area (Å²) in [4.78, 5) is 13.1. The van der Waals surface area contributed by atoms with Gasteiger partial charge >= 0.3 is 12.2 Å². The SMILES string of the molecule is CC(C)[C@H](NC(=O)N1CCOC(CS(C)(=O)=O)C1)C(F)(F)F. The summed E-state index contributed by atoms with van der Waals surface area (Å²) in [5, 5.41) is 1.97. The van der Waals surface area contributed by atoms with E-state index in [9.17, 15) is 26.4 Å². The van der Waals surface area contributed by atoms with Gasteiger partial charge in [0.05, 0.1) is 18.5 Å². The fourth-order valence-corrected chi connectivity index (χ4v) is 3.07. The van der Waals surface area contributed by atoms with Gasteiger partial charge in [-0.15, -0.1) is 0 Å². The van der Waals surface area contributed by atoms with Crippen molar-refractivity contribution in [1.82, 2.24) is 10.2 Å². The Hall–Kier alpha value is -1.03. The molecule has 1 saturated heterocycles. The van der Waals surface area contributed by atoms with E-state index in [0.29, 0.717) is 0 Å². The number of ether oxygens (including phenoxy) is 1. The second-order valence-electron chi connectivity index (χ2n) is 5.74. The fourth-order valence-electron chi connectivity index (χ4n) is 2.19. The summed E-state index contributed by atoms with van der Waals surface area (Å²) >= 11 is 0. The zero-order valence-electron chi connectivity index (χ0n) is 12.7. The summed E-state index contributed by atoms with van der Waals surface area (Å²) in [6, 6.07) is -2.81. The molecular formula is C12H21F3N2O4S. The molecule has 0 bridgehead atoms. The van der Waals surface area contributed by atoms with Gasteiger partial charge in [0, 0.05) is 19.3 Å². The number of alkyl halides is 3. The molecule has 0 spiro atoms. The molecule has 130 valence electrons. The van der Waals surface area contributed by atoms with Crippen LogP contribution in [0.15, 0.2) is 0 Å². The molecule has 0 aromatic heterocycles. The third kappa shape index (κ3) is 5.99. The molecule has 1 unspecified atom stereocenters. The summed E-state index contributed by atoms with van der Waals surface area (Å²) < 4.78 is 66.3. The number of nitrogens with one attached hydrogen (secondary N) is 1. The first-order chi connectivity index (χ1) is 9.90. The molecule has 0 radical (unpaired) electrons. The van der Waals surface area contributed by atoms with Crippen LogP contribution >= 0.6 is 0 Å². The number of sulfone groups is 1. The third-order valence-corrected chi connectivity index (χ3v) is 4.19. The van der Waals surface area contributed by atoms with Crippen molar-refractivity contribution in [3.05, 3.63) is 0 Å². The number of carbonyl (C=O) groups is 1. The summed E-state index contributed by atoms with van der Waals surface area (Å²) in [5.41, 5.74) is 0. The maximum absolute atomic E-state index is 12.9. The van der Waals surface area contributed by atoms with Gasteiger partial charge in [-0.2, -0.15) is 13.2 Å². The van der Waals surface area contributed by atoms with E-state index in [1.165, 1.54) is 13.8 Å². The number of morpholine rings is 1. The lowest BCUT2D eigenvalue weighted by molar-refractivity contribution is -0.163. The Balaban J connectivity index is 2.68. The molecule has 0 aromatic carbocycles. The molecule has 1 aliphatic heterocycles. The van der Waals surface area contributed by atoms with Crippen molar-refractivity contribution in [2.45, 2.75) is 32.2 Å². The molecule has 1 heterocycles.